The van der Waals surface area contributed by atoms with Gasteiger partial charge in [-0.2, -0.15) is 0 Å². The molecule has 0 atom stereocenters. The van der Waals surface area contributed by atoms with E-state index < -0.39 is 0 Å². The van der Waals surface area contributed by atoms with E-state index in [2.05, 4.69) is 43.4 Å². The first-order valence-corrected chi connectivity index (χ1v) is 8.65. The summed E-state index contributed by atoms with van der Waals surface area (Å²) in [6.45, 7) is 6.89. The minimum Gasteiger partial charge on any atom is -0.380 e. The molecule has 0 heterocycles. The topological polar surface area (TPSA) is 21.3 Å². The van der Waals surface area contributed by atoms with Crippen LogP contribution in [0.25, 0.3) is 0 Å². The van der Waals surface area contributed by atoms with E-state index in [4.69, 9.17) is 4.74 Å². The zero-order valence-corrected chi connectivity index (χ0v) is 13.7. The maximum Gasteiger partial charge on any atom is 0.0591 e. The standard InChI is InChI=1S/C19H31NO/c1-16(2)20-13-15-21-14-12-17-8-10-19(11-9-17)18-6-4-3-5-7-18/h8-11,16,18,20H,3-7,12-15H2,1-2H3. The molecule has 0 unspecified atom stereocenters. The van der Waals surface area contributed by atoms with Crippen molar-refractivity contribution in [2.75, 3.05) is 19.8 Å². The Labute approximate surface area is 130 Å². The highest BCUT2D eigenvalue weighted by atomic mass is 16.5. The second kappa shape index (κ2) is 9.22. The van der Waals surface area contributed by atoms with Crippen molar-refractivity contribution >= 4 is 0 Å². The number of nitrogens with one attached hydrogen (secondary N) is 1. The average Bonchev–Trinajstić information content (AvgIpc) is 2.52. The zero-order chi connectivity index (χ0) is 14.9. The number of hydrogen-bond acceptors (Lipinski definition) is 2. The summed E-state index contributed by atoms with van der Waals surface area (Å²) < 4.78 is 5.67. The van der Waals surface area contributed by atoms with Gasteiger partial charge < -0.3 is 10.1 Å². The summed E-state index contributed by atoms with van der Waals surface area (Å²) in [5.74, 6) is 0.811. The molecule has 0 saturated heterocycles. The van der Waals surface area contributed by atoms with Gasteiger partial charge >= 0.3 is 0 Å². The molecule has 2 nitrogen and oxygen atoms in total. The Morgan fingerprint density at radius 3 is 2.43 bits per heavy atom. The van der Waals surface area contributed by atoms with Crippen molar-refractivity contribution in [3.8, 4) is 0 Å². The molecule has 21 heavy (non-hydrogen) atoms. The maximum atomic E-state index is 5.67. The molecule has 2 heteroatoms. The van der Waals surface area contributed by atoms with E-state index in [-0.39, 0.29) is 0 Å². The fraction of sp³-hybridized carbons (Fsp3) is 0.684. The van der Waals surface area contributed by atoms with Crippen molar-refractivity contribution in [1.82, 2.24) is 5.32 Å². The van der Waals surface area contributed by atoms with Crippen molar-refractivity contribution < 1.29 is 4.74 Å². The van der Waals surface area contributed by atoms with Crippen LogP contribution in [0.15, 0.2) is 24.3 Å². The molecule has 0 aromatic heterocycles. The molecule has 0 spiro atoms. The Morgan fingerprint density at radius 1 is 1.05 bits per heavy atom. The van der Waals surface area contributed by atoms with E-state index in [1.54, 1.807) is 5.56 Å². The van der Waals surface area contributed by atoms with Gasteiger partial charge in [0.25, 0.3) is 0 Å². The third kappa shape index (κ3) is 6.19. The summed E-state index contributed by atoms with van der Waals surface area (Å²) >= 11 is 0. The zero-order valence-electron chi connectivity index (χ0n) is 13.7. The lowest BCUT2D eigenvalue weighted by Crippen LogP contribution is -2.26. The van der Waals surface area contributed by atoms with Crippen molar-refractivity contribution in [2.24, 2.45) is 0 Å². The Kier molecular flexibility index (Phi) is 7.25. The summed E-state index contributed by atoms with van der Waals surface area (Å²) in [5.41, 5.74) is 2.94. The smallest absolute Gasteiger partial charge is 0.0591 e. The number of benzene rings is 1. The summed E-state index contributed by atoms with van der Waals surface area (Å²) in [6.07, 6.45) is 8.02. The Balaban J connectivity index is 1.65. The van der Waals surface area contributed by atoms with E-state index in [0.29, 0.717) is 6.04 Å². The second-order valence-corrected chi connectivity index (χ2v) is 6.55. The quantitative estimate of drug-likeness (QED) is 0.721. The minimum atomic E-state index is 0.543. The summed E-state index contributed by atoms with van der Waals surface area (Å²) in [7, 11) is 0. The molecule has 0 aliphatic heterocycles. The van der Waals surface area contributed by atoms with Gasteiger partial charge in [0, 0.05) is 12.6 Å². The van der Waals surface area contributed by atoms with Crippen LogP contribution < -0.4 is 5.32 Å². The van der Waals surface area contributed by atoms with Crippen LogP contribution >= 0.6 is 0 Å². The molecule has 1 aliphatic rings. The highest BCUT2D eigenvalue weighted by Crippen LogP contribution is 2.32. The maximum absolute atomic E-state index is 5.67. The van der Waals surface area contributed by atoms with Crippen LogP contribution in [0.4, 0.5) is 0 Å². The summed E-state index contributed by atoms with van der Waals surface area (Å²) in [6, 6.07) is 9.80. The van der Waals surface area contributed by atoms with Gasteiger partial charge in [0.1, 0.15) is 0 Å². The summed E-state index contributed by atoms with van der Waals surface area (Å²) in [4.78, 5) is 0. The van der Waals surface area contributed by atoms with Gasteiger partial charge in [0.2, 0.25) is 0 Å². The molecule has 2 rings (SSSR count). The SMILES string of the molecule is CC(C)NCCOCCc1ccc(C2CCCCC2)cc1. The summed E-state index contributed by atoms with van der Waals surface area (Å²) in [5, 5.41) is 3.36. The highest BCUT2D eigenvalue weighted by Gasteiger charge is 2.14. The number of ether oxygens (including phenoxy) is 1. The molecular weight excluding hydrogens is 258 g/mol. The average molecular weight is 289 g/mol. The van der Waals surface area contributed by atoms with Crippen LogP contribution in [-0.2, 0) is 11.2 Å². The van der Waals surface area contributed by atoms with Crippen molar-refractivity contribution in [2.45, 2.75) is 64.3 Å². The van der Waals surface area contributed by atoms with Gasteiger partial charge in [-0.1, -0.05) is 57.4 Å². The second-order valence-electron chi connectivity index (χ2n) is 6.55. The van der Waals surface area contributed by atoms with Crippen molar-refractivity contribution in [1.29, 1.82) is 0 Å². The Hall–Kier alpha value is -0.860. The molecular formula is C19H31NO. The lowest BCUT2D eigenvalue weighted by Gasteiger charge is -2.22. The lowest BCUT2D eigenvalue weighted by atomic mass is 9.84. The van der Waals surface area contributed by atoms with E-state index in [1.807, 2.05) is 0 Å². The molecule has 0 amide bonds. The van der Waals surface area contributed by atoms with Crippen LogP contribution in [0.1, 0.15) is 63.0 Å². The molecule has 1 saturated carbocycles. The minimum absolute atomic E-state index is 0.543. The fourth-order valence-corrected chi connectivity index (χ4v) is 3.10. The third-order valence-electron chi connectivity index (χ3n) is 4.39. The predicted octanol–water partition coefficient (Wildman–Crippen LogP) is 4.29. The van der Waals surface area contributed by atoms with Crippen LogP contribution in [0.5, 0.6) is 0 Å². The van der Waals surface area contributed by atoms with Crippen LogP contribution in [-0.4, -0.2) is 25.8 Å². The lowest BCUT2D eigenvalue weighted by molar-refractivity contribution is 0.137. The van der Waals surface area contributed by atoms with Crippen LogP contribution in [0.2, 0.25) is 0 Å². The van der Waals surface area contributed by atoms with Crippen LogP contribution in [0, 0.1) is 0 Å². The van der Waals surface area contributed by atoms with Gasteiger partial charge in [0.05, 0.1) is 13.2 Å². The molecule has 1 fully saturated rings. The van der Waals surface area contributed by atoms with Gasteiger partial charge in [-0.25, -0.2) is 0 Å². The van der Waals surface area contributed by atoms with E-state index in [9.17, 15) is 0 Å². The van der Waals surface area contributed by atoms with Gasteiger partial charge in [-0.05, 0) is 36.3 Å². The molecule has 1 aromatic rings. The fourth-order valence-electron chi connectivity index (χ4n) is 3.10. The van der Waals surface area contributed by atoms with Crippen LogP contribution in [0.3, 0.4) is 0 Å². The predicted molar refractivity (Wildman–Crippen MR) is 89.9 cm³/mol. The first kappa shape index (κ1) is 16.5. The van der Waals surface area contributed by atoms with E-state index >= 15 is 0 Å². The Morgan fingerprint density at radius 2 is 1.76 bits per heavy atom. The normalized spacial score (nSPS) is 16.5. The molecule has 1 N–H and O–H groups in total. The third-order valence-corrected chi connectivity index (χ3v) is 4.39. The molecule has 0 bridgehead atoms. The molecule has 1 aromatic carbocycles. The van der Waals surface area contributed by atoms with E-state index in [1.165, 1.54) is 37.7 Å². The van der Waals surface area contributed by atoms with Gasteiger partial charge in [-0.3, -0.25) is 0 Å². The molecule has 118 valence electrons. The van der Waals surface area contributed by atoms with Crippen molar-refractivity contribution in [3.63, 3.8) is 0 Å². The highest BCUT2D eigenvalue weighted by molar-refractivity contribution is 5.25. The van der Waals surface area contributed by atoms with Crippen molar-refractivity contribution in [3.05, 3.63) is 35.4 Å². The number of hydrogen-bond donors (Lipinski definition) is 1. The van der Waals surface area contributed by atoms with E-state index in [0.717, 1.165) is 32.1 Å². The molecule has 1 aliphatic carbocycles. The number of rotatable bonds is 8. The largest absolute Gasteiger partial charge is 0.380 e. The first-order chi connectivity index (χ1) is 10.3. The first-order valence-electron chi connectivity index (χ1n) is 8.65. The van der Waals surface area contributed by atoms with Gasteiger partial charge in [0.15, 0.2) is 0 Å². The molecule has 0 radical (unpaired) electrons. The monoisotopic (exact) mass is 289 g/mol. The van der Waals surface area contributed by atoms with Gasteiger partial charge in [-0.15, -0.1) is 0 Å². The Bertz CT molecular complexity index is 379.